The maximum atomic E-state index is 13.8. The summed E-state index contributed by atoms with van der Waals surface area (Å²) < 4.78 is 8.07. The van der Waals surface area contributed by atoms with Gasteiger partial charge in [0.1, 0.15) is 11.7 Å². The van der Waals surface area contributed by atoms with Gasteiger partial charge in [0, 0.05) is 17.9 Å². The molecule has 1 aliphatic heterocycles. The summed E-state index contributed by atoms with van der Waals surface area (Å²) in [6.07, 6.45) is 8.81. The lowest BCUT2D eigenvalue weighted by Gasteiger charge is -2.34. The number of carbonyl (C=O) groups excluding carboxylic acids is 1. The first-order chi connectivity index (χ1) is 31.0. The van der Waals surface area contributed by atoms with Crippen LogP contribution in [0, 0.1) is 5.92 Å². The Balaban J connectivity index is 1.06. The number of hydrogen-bond donors (Lipinski definition) is 1. The number of aliphatic hydroxyl groups excluding tert-OH is 1. The summed E-state index contributed by atoms with van der Waals surface area (Å²) >= 11 is 0. The Kier molecular flexibility index (Phi) is 12.6. The first-order valence-corrected chi connectivity index (χ1v) is 22.8. The zero-order chi connectivity index (χ0) is 43.2. The van der Waals surface area contributed by atoms with E-state index in [9.17, 15) is 9.90 Å². The molecule has 3 heterocycles. The van der Waals surface area contributed by atoms with Crippen molar-refractivity contribution in [3.8, 4) is 0 Å². The Bertz CT molecular complexity index is 2520. The zero-order valence-corrected chi connectivity index (χ0v) is 36.4. The van der Waals surface area contributed by atoms with Crippen molar-refractivity contribution in [2.75, 3.05) is 11.5 Å². The standard InChI is InChI=1S/C53H57N7O3/c1-3-45(52(62)63-37-38-19-9-5-10-20-38)51-54-46(4-2)49(36-61)59(51)34-39-29-32-48-41(33-39)31-30-40-21-17-18-28-47(40)58(48)35-50-55-57-60(56-50)53(42-22-11-6-12-23-42,43-24-13-7-14-25-43)44-26-15-8-16-27-44/h6-8,11-18,21-29,32-33,38,45,61H,3-5,9-10,19-20,30-31,34-37H2,1-2H3. The number of rotatable bonds is 15. The number of aryl methyl sites for hydroxylation is 3. The summed E-state index contributed by atoms with van der Waals surface area (Å²) in [5.41, 5.74) is 9.51. The number of fused-ring (bicyclic) bond motifs is 2. The molecule has 1 atom stereocenters. The van der Waals surface area contributed by atoms with Crippen LogP contribution in [0.15, 0.2) is 133 Å². The van der Waals surface area contributed by atoms with Crippen LogP contribution in [0.1, 0.15) is 115 Å². The van der Waals surface area contributed by atoms with Crippen molar-refractivity contribution < 1.29 is 14.6 Å². The number of aromatic nitrogens is 6. The molecule has 1 aliphatic carbocycles. The molecule has 0 amide bonds. The van der Waals surface area contributed by atoms with E-state index in [2.05, 4.69) is 125 Å². The molecule has 1 saturated carbocycles. The van der Waals surface area contributed by atoms with Gasteiger partial charge < -0.3 is 19.3 Å². The van der Waals surface area contributed by atoms with Gasteiger partial charge >= 0.3 is 5.97 Å². The quantitative estimate of drug-likeness (QED) is 0.0803. The average Bonchev–Trinajstić information content (AvgIpc) is 3.91. The number of hydrogen-bond acceptors (Lipinski definition) is 8. The van der Waals surface area contributed by atoms with Gasteiger partial charge in [-0.15, -0.1) is 15.0 Å². The van der Waals surface area contributed by atoms with Crippen LogP contribution in [0.2, 0.25) is 0 Å². The fraction of sp³-hybridized carbons (Fsp3) is 0.340. The van der Waals surface area contributed by atoms with Gasteiger partial charge in [-0.3, -0.25) is 4.79 Å². The van der Waals surface area contributed by atoms with Crippen LogP contribution in [0.4, 0.5) is 11.4 Å². The van der Waals surface area contributed by atoms with E-state index < -0.39 is 11.5 Å². The Morgan fingerprint density at radius 3 is 2.02 bits per heavy atom. The van der Waals surface area contributed by atoms with Crippen molar-refractivity contribution in [1.82, 2.24) is 29.8 Å². The lowest BCUT2D eigenvalue weighted by molar-refractivity contribution is -0.147. The van der Waals surface area contributed by atoms with Crippen molar-refractivity contribution in [3.63, 3.8) is 0 Å². The molecule has 0 saturated heterocycles. The first kappa shape index (κ1) is 41.9. The molecule has 1 unspecified atom stereocenters. The van der Waals surface area contributed by atoms with Gasteiger partial charge in [0.25, 0.3) is 0 Å². The fourth-order valence-corrected chi connectivity index (χ4v) is 9.98. The molecule has 7 aromatic rings. The largest absolute Gasteiger partial charge is 0.465 e. The predicted octanol–water partition coefficient (Wildman–Crippen LogP) is 9.87. The monoisotopic (exact) mass is 839 g/mol. The molecule has 10 heteroatoms. The summed E-state index contributed by atoms with van der Waals surface area (Å²) in [5, 5.41) is 25.6. The molecule has 322 valence electrons. The van der Waals surface area contributed by atoms with Crippen LogP contribution >= 0.6 is 0 Å². The molecule has 5 aromatic carbocycles. The molecule has 2 aromatic heterocycles. The number of para-hydroxylation sites is 1. The highest BCUT2D eigenvalue weighted by Gasteiger charge is 2.41. The molecule has 9 rings (SSSR count). The van der Waals surface area contributed by atoms with Gasteiger partial charge in [0.15, 0.2) is 11.4 Å². The normalized spacial score (nSPS) is 14.7. The van der Waals surface area contributed by atoms with Crippen molar-refractivity contribution in [3.05, 3.63) is 190 Å². The van der Waals surface area contributed by atoms with Crippen LogP contribution in [-0.2, 0) is 54.0 Å². The summed E-state index contributed by atoms with van der Waals surface area (Å²) in [5.74, 6) is 0.949. The fourth-order valence-electron chi connectivity index (χ4n) is 9.98. The minimum atomic E-state index is -0.876. The first-order valence-electron chi connectivity index (χ1n) is 22.8. The highest BCUT2D eigenvalue weighted by atomic mass is 16.5. The molecular formula is C53H57N7O3. The maximum Gasteiger partial charge on any atom is 0.316 e. The van der Waals surface area contributed by atoms with E-state index in [1.165, 1.54) is 30.4 Å². The molecule has 1 N–H and O–H groups in total. The van der Waals surface area contributed by atoms with Crippen molar-refractivity contribution in [2.24, 2.45) is 5.92 Å². The van der Waals surface area contributed by atoms with E-state index in [1.807, 2.05) is 32.0 Å². The van der Waals surface area contributed by atoms with E-state index in [4.69, 9.17) is 25.1 Å². The van der Waals surface area contributed by atoms with Gasteiger partial charge in [-0.05, 0) is 95.2 Å². The number of ether oxygens (including phenoxy) is 1. The van der Waals surface area contributed by atoms with Crippen LogP contribution < -0.4 is 4.90 Å². The number of anilines is 2. The zero-order valence-electron chi connectivity index (χ0n) is 36.4. The van der Waals surface area contributed by atoms with Gasteiger partial charge in [-0.1, -0.05) is 154 Å². The van der Waals surface area contributed by atoms with Gasteiger partial charge in [0.05, 0.1) is 31.1 Å². The third kappa shape index (κ3) is 8.32. The number of imidazole rings is 1. The average molecular weight is 840 g/mol. The number of carbonyl (C=O) groups is 1. The van der Waals surface area contributed by atoms with Crippen molar-refractivity contribution >= 4 is 17.3 Å². The molecule has 0 radical (unpaired) electrons. The summed E-state index contributed by atoms with van der Waals surface area (Å²) in [7, 11) is 0. The van der Waals surface area contributed by atoms with Crippen molar-refractivity contribution in [2.45, 2.75) is 103 Å². The second kappa shape index (κ2) is 18.9. The SMILES string of the molecule is CCc1nc(C(CC)C(=O)OCC2CCCCC2)n(Cc2ccc3c(c2)CCc2ccccc2N3Cc2nnn(C(c3ccccc3)(c3ccccc3)c3ccccc3)n2)c1CO. The lowest BCUT2D eigenvalue weighted by atomic mass is 9.77. The smallest absolute Gasteiger partial charge is 0.316 e. The van der Waals surface area contributed by atoms with E-state index in [1.54, 1.807) is 4.80 Å². The minimum Gasteiger partial charge on any atom is -0.465 e. The van der Waals surface area contributed by atoms with Crippen molar-refractivity contribution in [1.29, 1.82) is 0 Å². The van der Waals surface area contributed by atoms with E-state index in [0.717, 1.165) is 70.7 Å². The molecule has 2 aliphatic rings. The molecule has 63 heavy (non-hydrogen) atoms. The second-order valence-electron chi connectivity index (χ2n) is 17.0. The Labute approximate surface area is 370 Å². The second-order valence-corrected chi connectivity index (χ2v) is 17.0. The molecule has 1 fully saturated rings. The maximum absolute atomic E-state index is 13.8. The van der Waals surface area contributed by atoms with E-state index in [-0.39, 0.29) is 12.6 Å². The molecule has 0 spiro atoms. The topological polar surface area (TPSA) is 111 Å². The highest BCUT2D eigenvalue weighted by Crippen LogP contribution is 2.41. The molecular weight excluding hydrogens is 783 g/mol. The lowest BCUT2D eigenvalue weighted by Crippen LogP contribution is -2.39. The highest BCUT2D eigenvalue weighted by molar-refractivity contribution is 5.77. The predicted molar refractivity (Wildman–Crippen MR) is 246 cm³/mol. The van der Waals surface area contributed by atoms with Gasteiger partial charge in [0.2, 0.25) is 0 Å². The third-order valence-electron chi connectivity index (χ3n) is 13.2. The summed E-state index contributed by atoms with van der Waals surface area (Å²) in [6.45, 7) is 5.24. The third-order valence-corrected chi connectivity index (χ3v) is 13.2. The van der Waals surface area contributed by atoms with Crippen LogP contribution in [0.5, 0.6) is 0 Å². The summed E-state index contributed by atoms with van der Waals surface area (Å²) in [6, 6.07) is 46.5. The number of benzene rings is 5. The Morgan fingerprint density at radius 1 is 0.762 bits per heavy atom. The number of esters is 1. The number of aliphatic hydroxyl groups is 1. The van der Waals surface area contributed by atoms with E-state index in [0.29, 0.717) is 50.1 Å². The van der Waals surface area contributed by atoms with E-state index >= 15 is 0 Å². The number of tetrazole rings is 1. The van der Waals surface area contributed by atoms with Crippen LogP contribution in [0.3, 0.4) is 0 Å². The van der Waals surface area contributed by atoms with Crippen LogP contribution in [-0.4, -0.2) is 47.4 Å². The van der Waals surface area contributed by atoms with Gasteiger partial charge in [-0.2, -0.15) is 0 Å². The Hall–Kier alpha value is -6.39. The molecule has 0 bridgehead atoms. The Morgan fingerprint density at radius 2 is 1.38 bits per heavy atom. The molecule has 10 nitrogen and oxygen atoms in total. The van der Waals surface area contributed by atoms with Crippen LogP contribution in [0.25, 0.3) is 0 Å². The van der Waals surface area contributed by atoms with Gasteiger partial charge in [-0.25, -0.2) is 4.98 Å². The minimum absolute atomic E-state index is 0.161. The number of nitrogens with zero attached hydrogens (tertiary/aromatic N) is 7. The summed E-state index contributed by atoms with van der Waals surface area (Å²) in [4.78, 5) is 22.9.